The Labute approximate surface area is 243 Å². The fourth-order valence-electron chi connectivity index (χ4n) is 4.30. The molecule has 1 saturated heterocycles. The molecule has 1 aliphatic heterocycles. The molecule has 1 aromatic carbocycles. The van der Waals surface area contributed by atoms with E-state index in [1.807, 2.05) is 38.7 Å². The van der Waals surface area contributed by atoms with Gasteiger partial charge in [-0.25, -0.2) is 15.1 Å². The summed E-state index contributed by atoms with van der Waals surface area (Å²) in [5.74, 6) is -0.137. The third kappa shape index (κ3) is 8.86. The smallest absolute Gasteiger partial charge is 0.275 e. The fourth-order valence-corrected chi connectivity index (χ4v) is 9.28. The number of aliphatic hydroxyl groups is 2. The van der Waals surface area contributed by atoms with E-state index in [2.05, 4.69) is 23.0 Å². The molecule has 0 aliphatic carbocycles. The Balaban J connectivity index is 1.58. The van der Waals surface area contributed by atoms with Crippen LogP contribution >= 0.6 is 29.2 Å². The van der Waals surface area contributed by atoms with E-state index in [-0.39, 0.29) is 18.8 Å². The van der Waals surface area contributed by atoms with Gasteiger partial charge in [0, 0.05) is 68.5 Å². The van der Waals surface area contributed by atoms with E-state index in [0.29, 0.717) is 51.6 Å². The lowest BCUT2D eigenvalue weighted by atomic mass is 10.1. The summed E-state index contributed by atoms with van der Waals surface area (Å²) in [7, 11) is 0. The molecule has 1 fully saturated rings. The van der Waals surface area contributed by atoms with E-state index in [9.17, 15) is 19.6 Å². The van der Waals surface area contributed by atoms with Crippen LogP contribution in [0.15, 0.2) is 69.6 Å². The van der Waals surface area contributed by atoms with Gasteiger partial charge in [0.2, 0.25) is 6.49 Å². The summed E-state index contributed by atoms with van der Waals surface area (Å²) in [4.78, 5) is 22.0. The normalized spacial score (nSPS) is 16.4. The molecule has 0 bridgehead atoms. The van der Waals surface area contributed by atoms with Crippen LogP contribution in [0.1, 0.15) is 11.8 Å². The highest BCUT2D eigenvalue weighted by Crippen LogP contribution is 2.61. The van der Waals surface area contributed by atoms with Crippen molar-refractivity contribution in [3.8, 4) is 11.1 Å². The Morgan fingerprint density at radius 3 is 2.40 bits per heavy atom. The topological polar surface area (TPSA) is 129 Å². The van der Waals surface area contributed by atoms with Gasteiger partial charge >= 0.3 is 0 Å². The van der Waals surface area contributed by atoms with Gasteiger partial charge in [-0.05, 0) is 53.0 Å². The minimum atomic E-state index is -2.71. The van der Waals surface area contributed by atoms with Crippen molar-refractivity contribution in [2.75, 3.05) is 59.1 Å². The molecule has 1 aliphatic rings. The van der Waals surface area contributed by atoms with E-state index in [1.54, 1.807) is 36.5 Å². The summed E-state index contributed by atoms with van der Waals surface area (Å²) in [6.07, 6.45) is 2.91. The molecule has 2 aromatic rings. The van der Waals surface area contributed by atoms with Gasteiger partial charge in [0.15, 0.2) is 0 Å². The van der Waals surface area contributed by atoms with E-state index in [0.717, 1.165) is 16.0 Å². The molecule has 1 aromatic heterocycles. The van der Waals surface area contributed by atoms with Crippen LogP contribution in [0, 0.1) is 0 Å². The van der Waals surface area contributed by atoms with Crippen molar-refractivity contribution in [1.29, 1.82) is 0 Å². The van der Waals surface area contributed by atoms with Gasteiger partial charge in [-0.1, -0.05) is 24.8 Å². The van der Waals surface area contributed by atoms with Crippen LogP contribution in [0.2, 0.25) is 0 Å². The maximum absolute atomic E-state index is 13.7. The van der Waals surface area contributed by atoms with Crippen LogP contribution in [-0.4, -0.2) is 101 Å². The average molecular weight is 608 g/mol. The molecule has 1 unspecified atom stereocenters. The third-order valence-corrected chi connectivity index (χ3v) is 12.0. The average Bonchev–Trinajstić information content (AvgIpc) is 3.41. The van der Waals surface area contributed by atoms with Crippen LogP contribution in [-0.2, 0) is 15.9 Å². The maximum Gasteiger partial charge on any atom is 0.275 e. The lowest BCUT2D eigenvalue weighted by Crippen LogP contribution is -2.43. The van der Waals surface area contributed by atoms with Crippen molar-refractivity contribution < 1.29 is 24.8 Å². The molecule has 3 rings (SSSR count). The fraction of sp³-hybridized carbons (Fsp3) is 0.407. The Hall–Kier alpha value is -2.28. The van der Waals surface area contributed by atoms with Gasteiger partial charge in [-0.3, -0.25) is 19.5 Å². The zero-order valence-corrected chi connectivity index (χ0v) is 25.4. The maximum atomic E-state index is 13.7. The summed E-state index contributed by atoms with van der Waals surface area (Å²) in [6, 6.07) is 10.2. The Morgan fingerprint density at radius 1 is 1.18 bits per heavy atom. The minimum Gasteiger partial charge on any atom is -0.395 e. The molecular formula is C27H38N5O5PS2. The lowest BCUT2D eigenvalue weighted by molar-refractivity contribution is -0.124. The van der Waals surface area contributed by atoms with E-state index in [1.165, 1.54) is 22.5 Å². The quantitative estimate of drug-likeness (QED) is 0.0835. The number of hydrogen-bond acceptors (Lipinski definition) is 10. The number of carbonyl (C=O) groups excluding carboxylic acids is 1. The molecule has 218 valence electrons. The number of hydrogen-bond donors (Lipinski definition) is 4. The minimum absolute atomic E-state index is 0.0460. The van der Waals surface area contributed by atoms with Crippen molar-refractivity contribution in [2.45, 2.75) is 18.4 Å². The number of allylic oxidation sites excluding steroid dienone is 1. The summed E-state index contributed by atoms with van der Waals surface area (Å²) in [5, 5.41) is 29.5. The van der Waals surface area contributed by atoms with Crippen molar-refractivity contribution in [3.63, 3.8) is 0 Å². The van der Waals surface area contributed by atoms with Crippen LogP contribution in [0.25, 0.3) is 11.1 Å². The van der Waals surface area contributed by atoms with E-state index in [4.69, 9.17) is 5.21 Å². The largest absolute Gasteiger partial charge is 0.395 e. The highest BCUT2D eigenvalue weighted by atomic mass is 32.7. The van der Waals surface area contributed by atoms with Gasteiger partial charge in [0.1, 0.15) is 5.82 Å². The van der Waals surface area contributed by atoms with Gasteiger partial charge in [0.05, 0.1) is 18.8 Å². The number of carbonyl (C=O) groups is 1. The van der Waals surface area contributed by atoms with Crippen molar-refractivity contribution in [2.24, 2.45) is 4.99 Å². The number of piperazine rings is 1. The molecule has 2 heterocycles. The molecule has 13 heteroatoms. The number of hydroxylamine groups is 1. The van der Waals surface area contributed by atoms with Crippen LogP contribution < -0.4 is 5.48 Å². The number of nitrogens with one attached hydrogen (secondary N) is 1. The molecule has 1 amide bonds. The van der Waals surface area contributed by atoms with Crippen LogP contribution in [0.3, 0.4) is 0 Å². The van der Waals surface area contributed by atoms with Crippen LogP contribution in [0.5, 0.6) is 0 Å². The number of amides is 1. The standard InChI is InChI=1S/C27H38N5O5PS2/c1-4-22(27(35)29-36)19-28-21(2)31-10-12-32(13-11-31)38(3,37)40-24-7-5-23(6-8-24)25-9-18-39-26(25)20-30(14-16-33)15-17-34/h4-9,18-19,33-34,36H,2,10-17,20H2,1,3H3,(H,29,35)/b22-4+,28-19-. The van der Waals surface area contributed by atoms with Gasteiger partial charge in [-0.2, -0.15) is 0 Å². The first-order valence-corrected chi connectivity index (χ1v) is 17.3. The van der Waals surface area contributed by atoms with Gasteiger partial charge < -0.3 is 15.1 Å². The SMILES string of the molecule is C=C(/N=C\C(=C/C)C(=O)NO)N1CCN(P(C)(=O)Sc2ccc(-c3ccsc3CN(CCO)CCO)cc2)CC1. The number of benzene rings is 1. The van der Waals surface area contributed by atoms with Crippen LogP contribution in [0.4, 0.5) is 0 Å². The van der Waals surface area contributed by atoms with Gasteiger partial charge in [-0.15, -0.1) is 11.3 Å². The highest BCUT2D eigenvalue weighted by molar-refractivity contribution is 8.57. The first-order chi connectivity index (χ1) is 19.2. The number of thiophene rings is 1. The molecule has 10 nitrogen and oxygen atoms in total. The molecule has 1 atom stereocenters. The second kappa shape index (κ2) is 15.6. The lowest BCUT2D eigenvalue weighted by Gasteiger charge is -2.38. The number of nitrogens with zero attached hydrogens (tertiary/aromatic N) is 4. The predicted molar refractivity (Wildman–Crippen MR) is 163 cm³/mol. The first-order valence-electron chi connectivity index (χ1n) is 12.9. The molecule has 0 saturated carbocycles. The van der Waals surface area contributed by atoms with E-state index < -0.39 is 12.4 Å². The number of aliphatic hydroxyl groups excluding tert-OH is 2. The van der Waals surface area contributed by atoms with Crippen molar-refractivity contribution in [3.05, 3.63) is 64.6 Å². The molecule has 0 spiro atoms. The molecule has 4 N–H and O–H groups in total. The summed E-state index contributed by atoms with van der Waals surface area (Å²) >= 11 is 3.05. The van der Waals surface area contributed by atoms with Crippen molar-refractivity contribution >= 4 is 41.3 Å². The molecule has 0 radical (unpaired) electrons. The highest BCUT2D eigenvalue weighted by Gasteiger charge is 2.30. The Morgan fingerprint density at radius 2 is 1.82 bits per heavy atom. The zero-order chi connectivity index (χ0) is 29.1. The zero-order valence-electron chi connectivity index (χ0n) is 22.9. The van der Waals surface area contributed by atoms with E-state index >= 15 is 0 Å². The molecular weight excluding hydrogens is 569 g/mol. The van der Waals surface area contributed by atoms with Gasteiger partial charge in [0.25, 0.3) is 5.91 Å². The predicted octanol–water partition coefficient (Wildman–Crippen LogP) is 3.73. The second-order valence-corrected chi connectivity index (χ2v) is 15.6. The summed E-state index contributed by atoms with van der Waals surface area (Å²) < 4.78 is 15.7. The first kappa shape index (κ1) is 32.2. The summed E-state index contributed by atoms with van der Waals surface area (Å²) in [6.45, 7) is 8.93. The number of rotatable bonds is 14. The summed E-state index contributed by atoms with van der Waals surface area (Å²) in [5.41, 5.74) is 4.01. The second-order valence-electron chi connectivity index (χ2n) is 9.20. The van der Waals surface area contributed by atoms with Crippen molar-refractivity contribution in [1.82, 2.24) is 20.0 Å². The number of aliphatic imine (C=N–C) groups is 1. The Bertz CT molecular complexity index is 1240. The molecule has 40 heavy (non-hydrogen) atoms. The Kier molecular flexibility index (Phi) is 12.6. The third-order valence-electron chi connectivity index (χ3n) is 6.55. The monoisotopic (exact) mass is 607 g/mol.